The van der Waals surface area contributed by atoms with Crippen LogP contribution in [-0.2, 0) is 0 Å². The van der Waals surface area contributed by atoms with Crippen LogP contribution in [0.4, 0.5) is 0 Å². The molecule has 94 valence electrons. The summed E-state index contributed by atoms with van der Waals surface area (Å²) in [5.41, 5.74) is 6.05. The Bertz CT molecular complexity index is 204. The molecule has 0 amide bonds. The van der Waals surface area contributed by atoms with Crippen LogP contribution in [0.3, 0.4) is 0 Å². The minimum atomic E-state index is 0.656. The van der Waals surface area contributed by atoms with Crippen molar-refractivity contribution in [3.63, 3.8) is 0 Å². The van der Waals surface area contributed by atoms with Crippen molar-refractivity contribution in [2.45, 2.75) is 51.1 Å². The zero-order valence-corrected chi connectivity index (χ0v) is 11.3. The molecule has 0 spiro atoms. The summed E-state index contributed by atoms with van der Waals surface area (Å²) in [6.07, 6.45) is 6.96. The third-order valence-corrected chi connectivity index (χ3v) is 5.47. The van der Waals surface area contributed by atoms with Crippen molar-refractivity contribution in [3.05, 3.63) is 0 Å². The molecule has 2 N–H and O–H groups in total. The lowest BCUT2D eigenvalue weighted by molar-refractivity contribution is 0.114. The van der Waals surface area contributed by atoms with Crippen LogP contribution in [0.5, 0.6) is 0 Å². The van der Waals surface area contributed by atoms with Gasteiger partial charge in [0.05, 0.1) is 0 Å². The van der Waals surface area contributed by atoms with Gasteiger partial charge < -0.3 is 5.73 Å². The first-order valence-electron chi connectivity index (χ1n) is 6.86. The molecule has 2 fully saturated rings. The van der Waals surface area contributed by atoms with Crippen molar-refractivity contribution in [3.8, 4) is 0 Å². The third-order valence-electron chi connectivity index (χ3n) is 4.28. The van der Waals surface area contributed by atoms with E-state index < -0.39 is 0 Å². The molecule has 3 unspecified atom stereocenters. The standard InChI is InChI=1S/C13H26N2S/c1-11-5-3-2-4-7-15(11)13(9-14)12-6-8-16-10-12/h11-13H,2-10,14H2,1H3. The highest BCUT2D eigenvalue weighted by molar-refractivity contribution is 7.99. The smallest absolute Gasteiger partial charge is 0.0257 e. The van der Waals surface area contributed by atoms with Gasteiger partial charge in [0.15, 0.2) is 0 Å². The topological polar surface area (TPSA) is 29.3 Å². The maximum atomic E-state index is 6.05. The molecule has 0 aromatic rings. The average molecular weight is 242 g/mol. The predicted octanol–water partition coefficient (Wildman–Crippen LogP) is 2.33. The molecular formula is C13H26N2S. The van der Waals surface area contributed by atoms with Gasteiger partial charge >= 0.3 is 0 Å². The van der Waals surface area contributed by atoms with Gasteiger partial charge in [0.1, 0.15) is 0 Å². The molecule has 0 radical (unpaired) electrons. The molecule has 2 rings (SSSR count). The number of rotatable bonds is 3. The van der Waals surface area contributed by atoms with Gasteiger partial charge in [-0.05, 0) is 50.2 Å². The fourth-order valence-electron chi connectivity index (χ4n) is 3.24. The second-order valence-electron chi connectivity index (χ2n) is 5.36. The van der Waals surface area contributed by atoms with Gasteiger partial charge in [-0.2, -0.15) is 11.8 Å². The van der Waals surface area contributed by atoms with E-state index in [1.807, 2.05) is 0 Å². The van der Waals surface area contributed by atoms with Crippen molar-refractivity contribution in [2.24, 2.45) is 11.7 Å². The summed E-state index contributed by atoms with van der Waals surface area (Å²) in [5, 5.41) is 0. The molecule has 3 heteroatoms. The van der Waals surface area contributed by atoms with E-state index >= 15 is 0 Å². The Hall–Kier alpha value is 0.270. The van der Waals surface area contributed by atoms with E-state index in [1.54, 1.807) is 0 Å². The van der Waals surface area contributed by atoms with Crippen LogP contribution in [0.25, 0.3) is 0 Å². The highest BCUT2D eigenvalue weighted by Crippen LogP contribution is 2.31. The monoisotopic (exact) mass is 242 g/mol. The molecule has 16 heavy (non-hydrogen) atoms. The summed E-state index contributed by atoms with van der Waals surface area (Å²) in [4.78, 5) is 2.73. The number of nitrogens with two attached hydrogens (primary N) is 1. The van der Waals surface area contributed by atoms with E-state index in [2.05, 4.69) is 23.6 Å². The van der Waals surface area contributed by atoms with Crippen LogP contribution in [0.1, 0.15) is 39.0 Å². The fourth-order valence-corrected chi connectivity index (χ4v) is 4.57. The van der Waals surface area contributed by atoms with Crippen molar-refractivity contribution in [1.82, 2.24) is 4.90 Å². The van der Waals surface area contributed by atoms with E-state index in [-0.39, 0.29) is 0 Å². The van der Waals surface area contributed by atoms with Crippen LogP contribution < -0.4 is 5.73 Å². The maximum absolute atomic E-state index is 6.05. The zero-order valence-electron chi connectivity index (χ0n) is 10.5. The van der Waals surface area contributed by atoms with Crippen LogP contribution in [0, 0.1) is 5.92 Å². The van der Waals surface area contributed by atoms with Crippen molar-refractivity contribution >= 4 is 11.8 Å². The largest absolute Gasteiger partial charge is 0.329 e. The van der Waals surface area contributed by atoms with Crippen LogP contribution in [-0.4, -0.2) is 41.6 Å². The van der Waals surface area contributed by atoms with Gasteiger partial charge in [-0.1, -0.05) is 12.8 Å². The molecule has 0 aliphatic carbocycles. The minimum absolute atomic E-state index is 0.656. The van der Waals surface area contributed by atoms with E-state index in [9.17, 15) is 0 Å². The van der Waals surface area contributed by atoms with Gasteiger partial charge in [0.2, 0.25) is 0 Å². The number of hydrogen-bond donors (Lipinski definition) is 1. The Labute approximate surface area is 104 Å². The van der Waals surface area contributed by atoms with Crippen LogP contribution in [0.15, 0.2) is 0 Å². The lowest BCUT2D eigenvalue weighted by atomic mass is 9.96. The lowest BCUT2D eigenvalue weighted by Crippen LogP contribution is -2.49. The summed E-state index contributed by atoms with van der Waals surface area (Å²) in [5.74, 6) is 3.55. The van der Waals surface area contributed by atoms with Gasteiger partial charge in [-0.15, -0.1) is 0 Å². The quantitative estimate of drug-likeness (QED) is 0.823. The van der Waals surface area contributed by atoms with E-state index in [0.717, 1.165) is 18.5 Å². The molecular weight excluding hydrogens is 216 g/mol. The van der Waals surface area contributed by atoms with Gasteiger partial charge in [0.25, 0.3) is 0 Å². The highest BCUT2D eigenvalue weighted by Gasteiger charge is 2.31. The summed E-state index contributed by atoms with van der Waals surface area (Å²) in [6.45, 7) is 4.54. The Kier molecular flexibility index (Phi) is 4.98. The molecule has 0 saturated carbocycles. The zero-order chi connectivity index (χ0) is 11.4. The van der Waals surface area contributed by atoms with E-state index in [0.29, 0.717) is 6.04 Å². The summed E-state index contributed by atoms with van der Waals surface area (Å²) >= 11 is 2.11. The first-order valence-corrected chi connectivity index (χ1v) is 8.02. The Morgan fingerprint density at radius 3 is 2.88 bits per heavy atom. The average Bonchev–Trinajstić information content (AvgIpc) is 2.72. The normalized spacial score (nSPS) is 34.9. The molecule has 2 aliphatic rings. The number of nitrogens with zero attached hydrogens (tertiary/aromatic N) is 1. The molecule has 0 bridgehead atoms. The number of likely N-dealkylation sites (tertiary alicyclic amines) is 1. The molecule has 2 nitrogen and oxygen atoms in total. The number of hydrogen-bond acceptors (Lipinski definition) is 3. The van der Waals surface area contributed by atoms with Crippen molar-refractivity contribution in [1.29, 1.82) is 0 Å². The summed E-state index contributed by atoms with van der Waals surface area (Å²) in [6, 6.07) is 1.41. The molecule has 2 heterocycles. The van der Waals surface area contributed by atoms with Crippen LogP contribution in [0.2, 0.25) is 0 Å². The Morgan fingerprint density at radius 2 is 2.19 bits per heavy atom. The first kappa shape index (κ1) is 12.7. The lowest BCUT2D eigenvalue weighted by Gasteiger charge is -2.38. The second kappa shape index (κ2) is 6.27. The fraction of sp³-hybridized carbons (Fsp3) is 1.00. The Balaban J connectivity index is 1.99. The second-order valence-corrected chi connectivity index (χ2v) is 6.51. The molecule has 3 atom stereocenters. The molecule has 2 aliphatic heterocycles. The molecule has 0 aromatic heterocycles. The van der Waals surface area contributed by atoms with E-state index in [4.69, 9.17) is 5.73 Å². The number of thioether (sulfide) groups is 1. The van der Waals surface area contributed by atoms with Gasteiger partial charge in [0, 0.05) is 18.6 Å². The van der Waals surface area contributed by atoms with Crippen LogP contribution >= 0.6 is 11.8 Å². The van der Waals surface area contributed by atoms with E-state index in [1.165, 1.54) is 50.2 Å². The molecule has 0 aromatic carbocycles. The Morgan fingerprint density at radius 1 is 1.31 bits per heavy atom. The molecule has 2 saturated heterocycles. The predicted molar refractivity (Wildman–Crippen MR) is 72.9 cm³/mol. The van der Waals surface area contributed by atoms with Gasteiger partial charge in [-0.3, -0.25) is 4.90 Å². The SMILES string of the molecule is CC1CCCCCN1C(CN)C1CCSC1. The van der Waals surface area contributed by atoms with Gasteiger partial charge in [-0.25, -0.2) is 0 Å². The maximum Gasteiger partial charge on any atom is 0.0257 e. The first-order chi connectivity index (χ1) is 7.83. The van der Waals surface area contributed by atoms with Crippen molar-refractivity contribution < 1.29 is 0 Å². The minimum Gasteiger partial charge on any atom is -0.329 e. The summed E-state index contributed by atoms with van der Waals surface area (Å²) < 4.78 is 0. The highest BCUT2D eigenvalue weighted by atomic mass is 32.2. The van der Waals surface area contributed by atoms with Crippen molar-refractivity contribution in [2.75, 3.05) is 24.6 Å². The third kappa shape index (κ3) is 2.93. The summed E-state index contributed by atoms with van der Waals surface area (Å²) in [7, 11) is 0.